The Kier molecular flexibility index (Phi) is 4.29. The van der Waals surface area contributed by atoms with Crippen molar-refractivity contribution in [3.63, 3.8) is 0 Å². The number of nitrogens with two attached hydrogens (primary N) is 1. The molecule has 0 saturated heterocycles. The Hall–Kier alpha value is -2.39. The van der Waals surface area contributed by atoms with E-state index in [9.17, 15) is 18.0 Å². The number of carbonyl (C=O) groups is 1. The lowest BCUT2D eigenvalue weighted by Crippen LogP contribution is -2.25. The number of hydrogen-bond donors (Lipinski definition) is 4. The number of H-pyrrole nitrogens is 1. The van der Waals surface area contributed by atoms with Crippen LogP contribution in [-0.2, 0) is 25.7 Å². The fourth-order valence-corrected chi connectivity index (χ4v) is 2.65. The normalized spacial score (nSPS) is 14.3. The van der Waals surface area contributed by atoms with Gasteiger partial charge in [-0.3, -0.25) is 9.89 Å². The lowest BCUT2D eigenvalue weighted by molar-refractivity contribution is -0.137. The van der Waals surface area contributed by atoms with Crippen LogP contribution in [0.5, 0.6) is 0 Å². The summed E-state index contributed by atoms with van der Waals surface area (Å²) < 4.78 is 38.8. The summed E-state index contributed by atoms with van der Waals surface area (Å²) in [6.45, 7) is 1.21. The third kappa shape index (κ3) is 3.26. The van der Waals surface area contributed by atoms with E-state index < -0.39 is 17.6 Å². The molecule has 0 fully saturated rings. The molecule has 0 unspecified atom stereocenters. The van der Waals surface area contributed by atoms with Crippen molar-refractivity contribution in [3.8, 4) is 0 Å². The fraction of sp³-hybridized carbons (Fsp3) is 0.333. The van der Waals surface area contributed by atoms with Gasteiger partial charge >= 0.3 is 6.18 Å². The molecule has 1 aliphatic rings. The summed E-state index contributed by atoms with van der Waals surface area (Å²) in [7, 11) is 0. The standard InChI is InChI=1S/C15H16F3N5O/c16-15(17,18)9-3-8(6-19)4-10(5-9)21-14(24)13-11-7-20-2-1-12(11)22-23-13/h3-5,20H,1-2,6-7,19H2,(H,21,24)(H,22,23). The summed E-state index contributed by atoms with van der Waals surface area (Å²) in [6, 6.07) is 3.27. The van der Waals surface area contributed by atoms with Gasteiger partial charge in [0.2, 0.25) is 0 Å². The van der Waals surface area contributed by atoms with Gasteiger partial charge in [-0.05, 0) is 23.8 Å². The first kappa shape index (κ1) is 16.5. The number of nitrogens with one attached hydrogen (secondary N) is 3. The van der Waals surface area contributed by atoms with E-state index in [1.54, 1.807) is 0 Å². The van der Waals surface area contributed by atoms with Crippen molar-refractivity contribution in [1.82, 2.24) is 15.5 Å². The van der Waals surface area contributed by atoms with E-state index in [0.717, 1.165) is 36.4 Å². The fourth-order valence-electron chi connectivity index (χ4n) is 2.65. The molecule has 0 spiro atoms. The van der Waals surface area contributed by atoms with Gasteiger partial charge in [-0.2, -0.15) is 18.3 Å². The molecular weight excluding hydrogens is 323 g/mol. The Bertz CT molecular complexity index is 769. The SMILES string of the molecule is NCc1cc(NC(=O)c2n[nH]c3c2CNCC3)cc(C(F)(F)F)c1. The van der Waals surface area contributed by atoms with Crippen LogP contribution in [-0.4, -0.2) is 22.6 Å². The van der Waals surface area contributed by atoms with Crippen LogP contribution in [0.1, 0.15) is 32.9 Å². The zero-order valence-electron chi connectivity index (χ0n) is 12.6. The molecule has 5 N–H and O–H groups in total. The number of amides is 1. The minimum absolute atomic E-state index is 0.0378. The van der Waals surface area contributed by atoms with Crippen molar-refractivity contribution in [1.29, 1.82) is 0 Å². The summed E-state index contributed by atoms with van der Waals surface area (Å²) >= 11 is 0. The summed E-state index contributed by atoms with van der Waals surface area (Å²) in [5.41, 5.74) is 6.70. The van der Waals surface area contributed by atoms with Crippen molar-refractivity contribution in [2.75, 3.05) is 11.9 Å². The quantitative estimate of drug-likeness (QED) is 0.685. The lowest BCUT2D eigenvalue weighted by Gasteiger charge is -2.14. The molecule has 24 heavy (non-hydrogen) atoms. The van der Waals surface area contributed by atoms with Gasteiger partial charge in [0.25, 0.3) is 5.91 Å². The van der Waals surface area contributed by atoms with Crippen LogP contribution >= 0.6 is 0 Å². The third-order valence-electron chi connectivity index (χ3n) is 3.84. The Morgan fingerprint density at radius 1 is 1.33 bits per heavy atom. The first-order chi connectivity index (χ1) is 11.4. The summed E-state index contributed by atoms with van der Waals surface area (Å²) in [6.07, 6.45) is -3.80. The zero-order valence-corrected chi connectivity index (χ0v) is 12.6. The van der Waals surface area contributed by atoms with E-state index >= 15 is 0 Å². The average molecular weight is 339 g/mol. The van der Waals surface area contributed by atoms with E-state index in [0.29, 0.717) is 6.54 Å². The topological polar surface area (TPSA) is 95.8 Å². The molecule has 0 saturated carbocycles. The Morgan fingerprint density at radius 3 is 2.83 bits per heavy atom. The molecular formula is C15H16F3N5O. The van der Waals surface area contributed by atoms with Crippen LogP contribution in [0, 0.1) is 0 Å². The molecule has 0 atom stereocenters. The van der Waals surface area contributed by atoms with E-state index in [-0.39, 0.29) is 23.5 Å². The molecule has 1 aromatic carbocycles. The maximum Gasteiger partial charge on any atom is 0.416 e. The molecule has 128 valence electrons. The van der Waals surface area contributed by atoms with Crippen molar-refractivity contribution >= 4 is 11.6 Å². The predicted octanol–water partition coefficient (Wildman–Crippen LogP) is 1.79. The number of anilines is 1. The minimum Gasteiger partial charge on any atom is -0.326 e. The first-order valence-electron chi connectivity index (χ1n) is 7.38. The monoisotopic (exact) mass is 339 g/mol. The Morgan fingerprint density at radius 2 is 2.12 bits per heavy atom. The number of aromatic amines is 1. The number of fused-ring (bicyclic) bond motifs is 1. The molecule has 0 bridgehead atoms. The zero-order chi connectivity index (χ0) is 17.3. The van der Waals surface area contributed by atoms with Gasteiger partial charge < -0.3 is 16.4 Å². The largest absolute Gasteiger partial charge is 0.416 e. The third-order valence-corrected chi connectivity index (χ3v) is 3.84. The maximum absolute atomic E-state index is 12.9. The number of carbonyl (C=O) groups excluding carboxylic acids is 1. The number of halogens is 3. The molecule has 9 heteroatoms. The van der Waals surface area contributed by atoms with Crippen LogP contribution in [0.2, 0.25) is 0 Å². The van der Waals surface area contributed by atoms with Crippen molar-refractivity contribution in [2.45, 2.75) is 25.7 Å². The number of aromatic nitrogens is 2. The first-order valence-corrected chi connectivity index (χ1v) is 7.38. The van der Waals surface area contributed by atoms with E-state index in [1.807, 2.05) is 0 Å². The molecule has 1 aromatic heterocycles. The highest BCUT2D eigenvalue weighted by atomic mass is 19.4. The summed E-state index contributed by atoms with van der Waals surface area (Å²) in [4.78, 5) is 12.4. The summed E-state index contributed by atoms with van der Waals surface area (Å²) in [5.74, 6) is -0.557. The van der Waals surface area contributed by atoms with Gasteiger partial charge in [-0.15, -0.1) is 0 Å². The highest BCUT2D eigenvalue weighted by Crippen LogP contribution is 2.32. The summed E-state index contributed by atoms with van der Waals surface area (Å²) in [5, 5.41) is 12.4. The maximum atomic E-state index is 12.9. The smallest absolute Gasteiger partial charge is 0.326 e. The van der Waals surface area contributed by atoms with Crippen molar-refractivity contribution in [3.05, 3.63) is 46.3 Å². The lowest BCUT2D eigenvalue weighted by atomic mass is 10.1. The average Bonchev–Trinajstić information content (AvgIpc) is 2.97. The van der Waals surface area contributed by atoms with Crippen LogP contribution in [0.15, 0.2) is 18.2 Å². The number of hydrogen-bond acceptors (Lipinski definition) is 4. The predicted molar refractivity (Wildman–Crippen MR) is 81.3 cm³/mol. The van der Waals surface area contributed by atoms with Crippen LogP contribution in [0.4, 0.5) is 18.9 Å². The molecule has 2 heterocycles. The second kappa shape index (κ2) is 6.25. The minimum atomic E-state index is -4.51. The number of benzene rings is 1. The van der Waals surface area contributed by atoms with Gasteiger partial charge in [0.15, 0.2) is 5.69 Å². The number of rotatable bonds is 3. The second-order valence-corrected chi connectivity index (χ2v) is 5.53. The van der Waals surface area contributed by atoms with Crippen LogP contribution in [0.3, 0.4) is 0 Å². The van der Waals surface area contributed by atoms with Crippen molar-refractivity contribution in [2.24, 2.45) is 5.73 Å². The molecule has 3 rings (SSSR count). The van der Waals surface area contributed by atoms with Gasteiger partial charge in [0, 0.05) is 43.0 Å². The molecule has 6 nitrogen and oxygen atoms in total. The van der Waals surface area contributed by atoms with Crippen LogP contribution in [0.25, 0.3) is 0 Å². The molecule has 0 aliphatic carbocycles. The van der Waals surface area contributed by atoms with E-state index in [2.05, 4.69) is 20.8 Å². The Balaban J connectivity index is 1.88. The molecule has 1 aliphatic heterocycles. The second-order valence-electron chi connectivity index (χ2n) is 5.53. The molecule has 0 radical (unpaired) electrons. The number of alkyl halides is 3. The van der Waals surface area contributed by atoms with Gasteiger partial charge in [-0.25, -0.2) is 0 Å². The highest BCUT2D eigenvalue weighted by Gasteiger charge is 2.31. The molecule has 2 aromatic rings. The van der Waals surface area contributed by atoms with Gasteiger partial charge in [0.1, 0.15) is 0 Å². The van der Waals surface area contributed by atoms with Gasteiger partial charge in [-0.1, -0.05) is 0 Å². The van der Waals surface area contributed by atoms with Crippen molar-refractivity contribution < 1.29 is 18.0 Å². The van der Waals surface area contributed by atoms with E-state index in [4.69, 9.17) is 5.73 Å². The molecule has 1 amide bonds. The van der Waals surface area contributed by atoms with Gasteiger partial charge in [0.05, 0.1) is 5.56 Å². The Labute approximate surface area is 135 Å². The highest BCUT2D eigenvalue weighted by molar-refractivity contribution is 6.04. The van der Waals surface area contributed by atoms with Crippen LogP contribution < -0.4 is 16.4 Å². The number of nitrogens with zero attached hydrogens (tertiary/aromatic N) is 1. The van der Waals surface area contributed by atoms with E-state index in [1.165, 1.54) is 6.07 Å².